The monoisotopic (exact) mass is 415 g/mol. The second kappa shape index (κ2) is 9.20. The number of anilines is 1. The number of hydrogen-bond acceptors (Lipinski definition) is 8. The highest BCUT2D eigenvalue weighted by Gasteiger charge is 2.14. The number of nitrogens with zero attached hydrogens (tertiary/aromatic N) is 3. The van der Waals surface area contributed by atoms with Crippen LogP contribution in [-0.2, 0) is 4.79 Å². The van der Waals surface area contributed by atoms with E-state index in [-0.39, 0.29) is 11.7 Å². The largest absolute Gasteiger partial charge is 0.497 e. The van der Waals surface area contributed by atoms with Gasteiger partial charge in [0.1, 0.15) is 5.75 Å². The Morgan fingerprint density at radius 2 is 1.76 bits per heavy atom. The minimum absolute atomic E-state index is 0.117. The molecular weight excluding hydrogens is 394 g/mol. The van der Waals surface area contributed by atoms with Crippen molar-refractivity contribution >= 4 is 23.4 Å². The maximum atomic E-state index is 12.3. The van der Waals surface area contributed by atoms with Gasteiger partial charge < -0.3 is 25.4 Å². The zero-order valence-electron chi connectivity index (χ0n) is 16.2. The van der Waals surface area contributed by atoms with Gasteiger partial charge in [0.05, 0.1) is 27.1 Å². The minimum Gasteiger partial charge on any atom is -0.497 e. The van der Waals surface area contributed by atoms with Crippen molar-refractivity contribution in [3.63, 3.8) is 0 Å². The molecule has 0 fully saturated rings. The van der Waals surface area contributed by atoms with E-state index in [2.05, 4.69) is 15.5 Å². The number of nitrogen functional groups attached to an aromatic ring is 1. The molecule has 152 valence electrons. The summed E-state index contributed by atoms with van der Waals surface area (Å²) in [6.45, 7) is 0. The van der Waals surface area contributed by atoms with E-state index in [9.17, 15) is 4.79 Å². The average molecular weight is 415 g/mol. The van der Waals surface area contributed by atoms with Crippen LogP contribution in [0.15, 0.2) is 47.6 Å². The van der Waals surface area contributed by atoms with Crippen LogP contribution in [0, 0.1) is 0 Å². The summed E-state index contributed by atoms with van der Waals surface area (Å²) in [6.07, 6.45) is 0. The number of aromatic nitrogens is 3. The van der Waals surface area contributed by atoms with Gasteiger partial charge in [-0.1, -0.05) is 11.8 Å². The summed E-state index contributed by atoms with van der Waals surface area (Å²) < 4.78 is 16.9. The number of hydrogen-bond donors (Lipinski definition) is 2. The van der Waals surface area contributed by atoms with Crippen molar-refractivity contribution in [3.05, 3.63) is 42.5 Å². The molecule has 0 aliphatic rings. The summed E-state index contributed by atoms with van der Waals surface area (Å²) in [5, 5.41) is 11.4. The van der Waals surface area contributed by atoms with Crippen molar-refractivity contribution in [2.24, 2.45) is 0 Å². The third kappa shape index (κ3) is 4.72. The molecule has 9 nitrogen and oxygen atoms in total. The van der Waals surface area contributed by atoms with Gasteiger partial charge in [0.2, 0.25) is 11.1 Å². The molecule has 3 N–H and O–H groups in total. The first-order valence-electron chi connectivity index (χ1n) is 8.55. The van der Waals surface area contributed by atoms with Crippen molar-refractivity contribution in [1.82, 2.24) is 14.9 Å². The number of methoxy groups -OCH3 is 3. The standard InChI is InChI=1S/C19H21N5O4S/c1-26-14-7-4-12(5-8-14)18-22-23-19(24(18)20)29-11-17(25)21-13-6-9-15(27-2)16(10-13)28-3/h4-10H,11,20H2,1-3H3,(H,21,25). The van der Waals surface area contributed by atoms with E-state index < -0.39 is 0 Å². The minimum atomic E-state index is -0.212. The van der Waals surface area contributed by atoms with Crippen LogP contribution in [-0.4, -0.2) is 47.9 Å². The summed E-state index contributed by atoms with van der Waals surface area (Å²) in [5.41, 5.74) is 1.39. The normalized spacial score (nSPS) is 10.4. The first kappa shape index (κ1) is 20.3. The van der Waals surface area contributed by atoms with Gasteiger partial charge in [0, 0.05) is 17.3 Å². The Labute approximate surface area is 172 Å². The number of thioether (sulfide) groups is 1. The zero-order chi connectivity index (χ0) is 20.8. The fourth-order valence-electron chi connectivity index (χ4n) is 2.55. The van der Waals surface area contributed by atoms with Gasteiger partial charge >= 0.3 is 0 Å². The van der Waals surface area contributed by atoms with Gasteiger partial charge in [-0.25, -0.2) is 4.68 Å². The molecule has 1 amide bonds. The van der Waals surface area contributed by atoms with E-state index in [1.165, 1.54) is 23.5 Å². The molecule has 0 saturated carbocycles. The Morgan fingerprint density at radius 3 is 2.41 bits per heavy atom. The lowest BCUT2D eigenvalue weighted by molar-refractivity contribution is -0.113. The van der Waals surface area contributed by atoms with Crippen LogP contribution < -0.4 is 25.4 Å². The van der Waals surface area contributed by atoms with Crippen LogP contribution in [0.25, 0.3) is 11.4 Å². The van der Waals surface area contributed by atoms with E-state index >= 15 is 0 Å². The molecule has 0 unspecified atom stereocenters. The van der Waals surface area contributed by atoms with Crippen LogP contribution in [0.3, 0.4) is 0 Å². The molecule has 0 aliphatic carbocycles. The third-order valence-electron chi connectivity index (χ3n) is 4.01. The number of carbonyl (C=O) groups excluding carboxylic acids is 1. The Morgan fingerprint density at radius 1 is 1.03 bits per heavy atom. The van der Waals surface area contributed by atoms with Crippen molar-refractivity contribution in [2.75, 3.05) is 38.2 Å². The van der Waals surface area contributed by atoms with Gasteiger partial charge in [0.15, 0.2) is 17.3 Å². The Hall–Kier alpha value is -3.40. The fourth-order valence-corrected chi connectivity index (χ4v) is 3.21. The molecular formula is C19H21N5O4S. The fraction of sp³-hybridized carbons (Fsp3) is 0.211. The number of rotatable bonds is 8. The van der Waals surface area contributed by atoms with Gasteiger partial charge in [-0.2, -0.15) is 0 Å². The van der Waals surface area contributed by atoms with Gasteiger partial charge in [-0.15, -0.1) is 10.2 Å². The predicted octanol–water partition coefficient (Wildman–Crippen LogP) is 2.42. The number of amides is 1. The van der Waals surface area contributed by atoms with Gasteiger partial charge in [-0.05, 0) is 36.4 Å². The molecule has 3 aromatic rings. The third-order valence-corrected chi connectivity index (χ3v) is 4.96. The topological polar surface area (TPSA) is 114 Å². The second-order valence-electron chi connectivity index (χ2n) is 5.81. The molecule has 0 saturated heterocycles. The molecule has 0 atom stereocenters. The molecule has 0 spiro atoms. The lowest BCUT2D eigenvalue weighted by atomic mass is 10.2. The van der Waals surface area contributed by atoms with E-state index in [0.717, 1.165) is 11.3 Å². The maximum Gasteiger partial charge on any atom is 0.234 e. The number of nitrogens with two attached hydrogens (primary N) is 1. The highest BCUT2D eigenvalue weighted by Crippen LogP contribution is 2.30. The molecule has 29 heavy (non-hydrogen) atoms. The molecule has 1 heterocycles. The van der Waals surface area contributed by atoms with E-state index in [0.29, 0.717) is 28.2 Å². The lowest BCUT2D eigenvalue weighted by Gasteiger charge is -2.10. The summed E-state index contributed by atoms with van der Waals surface area (Å²) in [7, 11) is 4.69. The van der Waals surface area contributed by atoms with Crippen molar-refractivity contribution < 1.29 is 19.0 Å². The first-order chi connectivity index (χ1) is 14.0. The van der Waals surface area contributed by atoms with Gasteiger partial charge in [-0.3, -0.25) is 4.79 Å². The number of carbonyl (C=O) groups is 1. The van der Waals surface area contributed by atoms with Crippen LogP contribution in [0.1, 0.15) is 0 Å². The van der Waals surface area contributed by atoms with Crippen molar-refractivity contribution in [3.8, 4) is 28.6 Å². The maximum absolute atomic E-state index is 12.3. The predicted molar refractivity (Wildman–Crippen MR) is 111 cm³/mol. The molecule has 1 aromatic heterocycles. The van der Waals surface area contributed by atoms with Crippen LogP contribution in [0.4, 0.5) is 5.69 Å². The number of ether oxygens (including phenoxy) is 3. The van der Waals surface area contributed by atoms with E-state index in [1.54, 1.807) is 32.4 Å². The highest BCUT2D eigenvalue weighted by molar-refractivity contribution is 7.99. The second-order valence-corrected chi connectivity index (χ2v) is 6.75. The average Bonchev–Trinajstić information content (AvgIpc) is 3.12. The smallest absolute Gasteiger partial charge is 0.234 e. The Kier molecular flexibility index (Phi) is 6.45. The summed E-state index contributed by atoms with van der Waals surface area (Å²) in [5.74, 6) is 8.34. The quantitative estimate of drug-likeness (QED) is 0.426. The Balaban J connectivity index is 1.62. The van der Waals surface area contributed by atoms with Gasteiger partial charge in [0.25, 0.3) is 0 Å². The summed E-state index contributed by atoms with van der Waals surface area (Å²) in [4.78, 5) is 12.3. The SMILES string of the molecule is COc1ccc(-c2nnc(SCC(=O)Nc3ccc(OC)c(OC)c3)n2N)cc1. The first-order valence-corrected chi connectivity index (χ1v) is 9.54. The zero-order valence-corrected chi connectivity index (χ0v) is 17.0. The highest BCUT2D eigenvalue weighted by atomic mass is 32.2. The lowest BCUT2D eigenvalue weighted by Crippen LogP contribution is -2.16. The van der Waals surface area contributed by atoms with E-state index in [4.69, 9.17) is 20.1 Å². The van der Waals surface area contributed by atoms with Crippen molar-refractivity contribution in [2.45, 2.75) is 5.16 Å². The molecule has 0 bridgehead atoms. The van der Waals surface area contributed by atoms with Crippen LogP contribution >= 0.6 is 11.8 Å². The molecule has 0 radical (unpaired) electrons. The van der Waals surface area contributed by atoms with Crippen LogP contribution in [0.5, 0.6) is 17.2 Å². The summed E-state index contributed by atoms with van der Waals surface area (Å²) in [6, 6.07) is 12.4. The van der Waals surface area contributed by atoms with E-state index in [1.807, 2.05) is 24.3 Å². The Bertz CT molecular complexity index is 991. The van der Waals surface area contributed by atoms with Crippen LogP contribution in [0.2, 0.25) is 0 Å². The van der Waals surface area contributed by atoms with Crippen molar-refractivity contribution in [1.29, 1.82) is 0 Å². The molecule has 10 heteroatoms. The summed E-state index contributed by atoms with van der Waals surface area (Å²) >= 11 is 1.19. The molecule has 0 aliphatic heterocycles. The molecule has 2 aromatic carbocycles. The molecule has 3 rings (SSSR count). The number of nitrogens with one attached hydrogen (secondary N) is 1. The number of benzene rings is 2.